The molecule has 7 N–H and O–H groups in total. The molecular formula is C11H14N2O5. The van der Waals surface area contributed by atoms with E-state index in [-0.39, 0.29) is 16.9 Å². The van der Waals surface area contributed by atoms with Gasteiger partial charge in [0.2, 0.25) is 5.91 Å². The van der Waals surface area contributed by atoms with Crippen LogP contribution >= 0.6 is 0 Å². The average molecular weight is 254 g/mol. The molecule has 98 valence electrons. The Balaban J connectivity index is 2.99. The number of phenols is 1. The first-order valence-corrected chi connectivity index (χ1v) is 5.10. The first-order chi connectivity index (χ1) is 8.32. The van der Waals surface area contributed by atoms with Gasteiger partial charge in [0.15, 0.2) is 0 Å². The van der Waals surface area contributed by atoms with Crippen LogP contribution in [-0.2, 0) is 4.79 Å². The Morgan fingerprint density at radius 3 is 2.33 bits per heavy atom. The summed E-state index contributed by atoms with van der Waals surface area (Å²) in [6.45, 7) is 0. The van der Waals surface area contributed by atoms with Gasteiger partial charge in [-0.15, -0.1) is 0 Å². The van der Waals surface area contributed by atoms with Crippen LogP contribution in [0, 0.1) is 0 Å². The zero-order chi connectivity index (χ0) is 13.9. The number of rotatable bonds is 5. The van der Waals surface area contributed by atoms with Crippen molar-refractivity contribution in [2.24, 2.45) is 11.5 Å². The van der Waals surface area contributed by atoms with Gasteiger partial charge >= 0.3 is 0 Å². The molecule has 0 fully saturated rings. The molecule has 0 radical (unpaired) electrons. The summed E-state index contributed by atoms with van der Waals surface area (Å²) in [5.74, 6) is -1.97. The number of hydrogen-bond acceptors (Lipinski definition) is 5. The van der Waals surface area contributed by atoms with Gasteiger partial charge in [0.05, 0.1) is 18.1 Å². The van der Waals surface area contributed by atoms with Crippen molar-refractivity contribution in [2.45, 2.75) is 18.6 Å². The second-order valence-electron chi connectivity index (χ2n) is 3.82. The molecule has 0 heterocycles. The van der Waals surface area contributed by atoms with Gasteiger partial charge in [0.25, 0.3) is 5.91 Å². The lowest BCUT2D eigenvalue weighted by Gasteiger charge is -2.17. The van der Waals surface area contributed by atoms with E-state index in [0.717, 1.165) is 12.1 Å². The Bertz CT molecular complexity index is 475. The van der Waals surface area contributed by atoms with Crippen LogP contribution in [0.4, 0.5) is 0 Å². The highest BCUT2D eigenvalue weighted by Gasteiger charge is 2.22. The van der Waals surface area contributed by atoms with Crippen molar-refractivity contribution in [2.75, 3.05) is 0 Å². The van der Waals surface area contributed by atoms with Gasteiger partial charge in [0, 0.05) is 0 Å². The summed E-state index contributed by atoms with van der Waals surface area (Å²) in [5, 5.41) is 28.6. The third-order valence-corrected chi connectivity index (χ3v) is 2.40. The third kappa shape index (κ3) is 3.19. The first kappa shape index (κ1) is 13.9. The Kier molecular flexibility index (Phi) is 4.24. The number of amides is 2. The van der Waals surface area contributed by atoms with E-state index in [0.29, 0.717) is 0 Å². The number of benzene rings is 1. The minimum Gasteiger partial charge on any atom is -0.507 e. The lowest BCUT2D eigenvalue weighted by atomic mass is 9.99. The summed E-state index contributed by atoms with van der Waals surface area (Å²) in [6.07, 6.45) is -3.22. The fourth-order valence-electron chi connectivity index (χ4n) is 1.47. The highest BCUT2D eigenvalue weighted by atomic mass is 16.3. The fraction of sp³-hybridized carbons (Fsp3) is 0.273. The van der Waals surface area contributed by atoms with Gasteiger partial charge in [-0.05, 0) is 17.7 Å². The summed E-state index contributed by atoms with van der Waals surface area (Å²) < 4.78 is 0. The highest BCUT2D eigenvalue weighted by Crippen LogP contribution is 2.24. The molecule has 7 nitrogen and oxygen atoms in total. The zero-order valence-electron chi connectivity index (χ0n) is 9.41. The van der Waals surface area contributed by atoms with Crippen LogP contribution < -0.4 is 11.5 Å². The van der Waals surface area contributed by atoms with Gasteiger partial charge in [-0.3, -0.25) is 9.59 Å². The van der Waals surface area contributed by atoms with E-state index in [4.69, 9.17) is 11.5 Å². The topological polar surface area (TPSA) is 147 Å². The van der Waals surface area contributed by atoms with Crippen molar-refractivity contribution in [3.63, 3.8) is 0 Å². The molecule has 1 rings (SSSR count). The van der Waals surface area contributed by atoms with Crippen molar-refractivity contribution in [3.05, 3.63) is 29.3 Å². The van der Waals surface area contributed by atoms with E-state index in [2.05, 4.69) is 0 Å². The molecule has 0 aliphatic carbocycles. The molecule has 2 unspecified atom stereocenters. The Labute approximate surface area is 103 Å². The fourth-order valence-corrected chi connectivity index (χ4v) is 1.47. The SMILES string of the molecule is NC(=O)CC(O)C(O)c1ccc(O)c(C(N)=O)c1. The van der Waals surface area contributed by atoms with Crippen LogP contribution in [0.25, 0.3) is 0 Å². The van der Waals surface area contributed by atoms with Crippen LogP contribution in [0.5, 0.6) is 5.75 Å². The van der Waals surface area contributed by atoms with Crippen molar-refractivity contribution in [3.8, 4) is 5.75 Å². The van der Waals surface area contributed by atoms with E-state index in [1.54, 1.807) is 0 Å². The molecule has 2 atom stereocenters. The molecule has 1 aromatic rings. The molecule has 0 aliphatic heterocycles. The van der Waals surface area contributed by atoms with Gasteiger partial charge in [0.1, 0.15) is 11.9 Å². The number of aromatic hydroxyl groups is 1. The molecule has 0 aliphatic rings. The summed E-state index contributed by atoms with van der Waals surface area (Å²) in [6, 6.07) is 3.61. The van der Waals surface area contributed by atoms with Gasteiger partial charge in [-0.2, -0.15) is 0 Å². The standard InChI is InChI=1S/C11H14N2O5/c12-9(16)4-8(15)10(17)5-1-2-7(14)6(3-5)11(13)18/h1-3,8,10,14-15,17H,4H2,(H2,12,16)(H2,13,18). The number of primary amides is 2. The molecule has 0 spiro atoms. The van der Waals surface area contributed by atoms with Crippen LogP contribution in [-0.4, -0.2) is 33.2 Å². The van der Waals surface area contributed by atoms with Gasteiger partial charge in [-0.25, -0.2) is 0 Å². The maximum atomic E-state index is 11.0. The van der Waals surface area contributed by atoms with Crippen molar-refractivity contribution < 1.29 is 24.9 Å². The lowest BCUT2D eigenvalue weighted by molar-refractivity contribution is -0.121. The van der Waals surface area contributed by atoms with Gasteiger partial charge < -0.3 is 26.8 Å². The lowest BCUT2D eigenvalue weighted by Crippen LogP contribution is -2.26. The van der Waals surface area contributed by atoms with E-state index < -0.39 is 30.4 Å². The van der Waals surface area contributed by atoms with Crippen molar-refractivity contribution in [1.82, 2.24) is 0 Å². The van der Waals surface area contributed by atoms with E-state index in [9.17, 15) is 24.9 Å². The monoisotopic (exact) mass is 254 g/mol. The van der Waals surface area contributed by atoms with E-state index in [1.807, 2.05) is 0 Å². The minimum atomic E-state index is -1.41. The third-order valence-electron chi connectivity index (χ3n) is 2.40. The van der Waals surface area contributed by atoms with Crippen molar-refractivity contribution >= 4 is 11.8 Å². The number of aliphatic hydroxyl groups excluding tert-OH is 2. The predicted molar refractivity (Wildman–Crippen MR) is 61.4 cm³/mol. The smallest absolute Gasteiger partial charge is 0.252 e. The molecule has 1 aromatic carbocycles. The number of carbonyl (C=O) groups excluding carboxylic acids is 2. The van der Waals surface area contributed by atoms with Crippen LogP contribution in [0.15, 0.2) is 18.2 Å². The summed E-state index contributed by atoms with van der Waals surface area (Å²) >= 11 is 0. The molecule has 18 heavy (non-hydrogen) atoms. The Hall–Kier alpha value is -2.12. The van der Waals surface area contributed by atoms with Crippen molar-refractivity contribution in [1.29, 1.82) is 0 Å². The van der Waals surface area contributed by atoms with E-state index in [1.165, 1.54) is 6.07 Å². The highest BCUT2D eigenvalue weighted by molar-refractivity contribution is 5.95. The number of nitrogens with two attached hydrogens (primary N) is 2. The molecule has 0 aromatic heterocycles. The molecular weight excluding hydrogens is 240 g/mol. The number of aliphatic hydroxyl groups is 2. The summed E-state index contributed by atoms with van der Waals surface area (Å²) in [4.78, 5) is 21.6. The Morgan fingerprint density at radius 2 is 1.83 bits per heavy atom. The quantitative estimate of drug-likeness (QED) is 0.446. The maximum absolute atomic E-state index is 11.0. The molecule has 0 saturated heterocycles. The second kappa shape index (κ2) is 5.48. The second-order valence-corrected chi connectivity index (χ2v) is 3.82. The van der Waals surface area contributed by atoms with Crippen LogP contribution in [0.1, 0.15) is 28.4 Å². The minimum absolute atomic E-state index is 0.148. The number of carbonyl (C=O) groups is 2. The molecule has 0 saturated carbocycles. The normalized spacial score (nSPS) is 13.9. The van der Waals surface area contributed by atoms with E-state index >= 15 is 0 Å². The first-order valence-electron chi connectivity index (χ1n) is 5.10. The molecule has 2 amide bonds. The summed E-state index contributed by atoms with van der Waals surface area (Å²) in [7, 11) is 0. The van der Waals surface area contributed by atoms with Crippen LogP contribution in [0.3, 0.4) is 0 Å². The predicted octanol–water partition coefficient (Wildman–Crippen LogP) is -1.24. The average Bonchev–Trinajstić information content (AvgIpc) is 2.27. The maximum Gasteiger partial charge on any atom is 0.252 e. The number of hydrogen-bond donors (Lipinski definition) is 5. The zero-order valence-corrected chi connectivity index (χ0v) is 9.41. The van der Waals surface area contributed by atoms with Crippen LogP contribution in [0.2, 0.25) is 0 Å². The molecule has 0 bridgehead atoms. The van der Waals surface area contributed by atoms with Gasteiger partial charge in [-0.1, -0.05) is 6.07 Å². The Morgan fingerprint density at radius 1 is 1.22 bits per heavy atom. The summed E-state index contributed by atoms with van der Waals surface area (Å²) in [5.41, 5.74) is 9.88. The largest absolute Gasteiger partial charge is 0.507 e. The molecule has 7 heteroatoms.